The van der Waals surface area contributed by atoms with Crippen molar-refractivity contribution in [1.29, 1.82) is 0 Å². The van der Waals surface area contributed by atoms with E-state index in [1.807, 2.05) is 0 Å². The van der Waals surface area contributed by atoms with Crippen LogP contribution in [0.25, 0.3) is 0 Å². The van der Waals surface area contributed by atoms with Gasteiger partial charge < -0.3 is 10.8 Å². The zero-order chi connectivity index (χ0) is 13.4. The molecule has 3 nitrogen and oxygen atoms in total. The molecule has 0 aromatic carbocycles. The Morgan fingerprint density at radius 1 is 1.39 bits per heavy atom. The third-order valence-electron chi connectivity index (χ3n) is 3.41. The van der Waals surface area contributed by atoms with Crippen LogP contribution in [0.15, 0.2) is 16.8 Å². The SMILES string of the molecule is CCC(N)C(c1ccsc1)N(C)CCCCCO. The van der Waals surface area contributed by atoms with E-state index >= 15 is 0 Å². The van der Waals surface area contributed by atoms with Gasteiger partial charge in [0.2, 0.25) is 0 Å². The second-order valence-electron chi connectivity index (χ2n) is 4.84. The monoisotopic (exact) mass is 270 g/mol. The average molecular weight is 270 g/mol. The van der Waals surface area contributed by atoms with Gasteiger partial charge in [-0.25, -0.2) is 0 Å². The first-order valence-corrected chi connectivity index (χ1v) is 7.73. The number of rotatable bonds is 9. The van der Waals surface area contributed by atoms with Crippen LogP contribution in [0, 0.1) is 0 Å². The molecule has 0 amide bonds. The number of hydrogen-bond donors (Lipinski definition) is 2. The highest BCUT2D eigenvalue weighted by Crippen LogP contribution is 2.26. The van der Waals surface area contributed by atoms with Crippen molar-refractivity contribution in [3.05, 3.63) is 22.4 Å². The van der Waals surface area contributed by atoms with Gasteiger partial charge in [-0.05, 0) is 61.7 Å². The zero-order valence-electron chi connectivity index (χ0n) is 11.5. The molecule has 2 unspecified atom stereocenters. The molecule has 0 saturated carbocycles. The maximum absolute atomic E-state index is 8.78. The van der Waals surface area contributed by atoms with Crippen molar-refractivity contribution in [3.8, 4) is 0 Å². The molecule has 0 spiro atoms. The highest BCUT2D eigenvalue weighted by Gasteiger charge is 2.22. The molecule has 18 heavy (non-hydrogen) atoms. The molecule has 0 aliphatic heterocycles. The van der Waals surface area contributed by atoms with Gasteiger partial charge in [-0.2, -0.15) is 11.3 Å². The van der Waals surface area contributed by atoms with Crippen LogP contribution < -0.4 is 5.73 Å². The zero-order valence-corrected chi connectivity index (χ0v) is 12.3. The van der Waals surface area contributed by atoms with Crippen molar-refractivity contribution in [2.45, 2.75) is 44.7 Å². The minimum atomic E-state index is 0.183. The standard InChI is InChI=1S/C14H26N2OS/c1-3-13(15)14(12-7-10-18-11-12)16(2)8-5-4-6-9-17/h7,10-11,13-14,17H,3-6,8-9,15H2,1-2H3. The topological polar surface area (TPSA) is 49.5 Å². The van der Waals surface area contributed by atoms with E-state index in [4.69, 9.17) is 10.8 Å². The molecule has 1 heterocycles. The van der Waals surface area contributed by atoms with E-state index < -0.39 is 0 Å². The lowest BCUT2D eigenvalue weighted by atomic mass is 9.99. The first kappa shape index (κ1) is 15.6. The number of aliphatic hydroxyl groups excluding tert-OH is 1. The molecule has 0 fully saturated rings. The Bertz CT molecular complexity index is 303. The second kappa shape index (κ2) is 8.64. The molecule has 1 aromatic rings. The molecule has 0 aliphatic rings. The third kappa shape index (κ3) is 4.69. The van der Waals surface area contributed by atoms with Crippen LogP contribution >= 0.6 is 11.3 Å². The number of nitrogens with zero attached hydrogens (tertiary/aromatic N) is 1. The Hall–Kier alpha value is -0.420. The predicted molar refractivity (Wildman–Crippen MR) is 78.9 cm³/mol. The Morgan fingerprint density at radius 2 is 2.17 bits per heavy atom. The normalized spacial score (nSPS) is 14.9. The summed E-state index contributed by atoms with van der Waals surface area (Å²) >= 11 is 1.73. The van der Waals surface area contributed by atoms with Crippen LogP contribution in [-0.2, 0) is 0 Å². The highest BCUT2D eigenvalue weighted by atomic mass is 32.1. The van der Waals surface area contributed by atoms with Crippen molar-refractivity contribution in [2.75, 3.05) is 20.2 Å². The van der Waals surface area contributed by atoms with Crippen LogP contribution in [0.3, 0.4) is 0 Å². The molecule has 0 bridgehead atoms. The predicted octanol–water partition coefficient (Wildman–Crippen LogP) is 2.62. The summed E-state index contributed by atoms with van der Waals surface area (Å²) in [6.07, 6.45) is 4.09. The van der Waals surface area contributed by atoms with Crippen molar-refractivity contribution in [1.82, 2.24) is 4.90 Å². The molecule has 1 aromatic heterocycles. The second-order valence-corrected chi connectivity index (χ2v) is 5.62. The summed E-state index contributed by atoms with van der Waals surface area (Å²) in [5.41, 5.74) is 7.60. The van der Waals surface area contributed by atoms with E-state index in [1.54, 1.807) is 11.3 Å². The minimum absolute atomic E-state index is 0.183. The molecule has 104 valence electrons. The summed E-state index contributed by atoms with van der Waals surface area (Å²) in [4.78, 5) is 2.35. The molecule has 0 radical (unpaired) electrons. The van der Waals surface area contributed by atoms with E-state index in [1.165, 1.54) is 5.56 Å². The summed E-state index contributed by atoms with van der Waals surface area (Å²) in [5, 5.41) is 13.1. The lowest BCUT2D eigenvalue weighted by Gasteiger charge is -2.32. The molecular weight excluding hydrogens is 244 g/mol. The smallest absolute Gasteiger partial charge is 0.0504 e. The van der Waals surface area contributed by atoms with E-state index in [0.29, 0.717) is 12.6 Å². The van der Waals surface area contributed by atoms with Crippen LogP contribution in [0.1, 0.15) is 44.2 Å². The lowest BCUT2D eigenvalue weighted by Crippen LogP contribution is -2.39. The van der Waals surface area contributed by atoms with Gasteiger partial charge in [0, 0.05) is 12.6 Å². The van der Waals surface area contributed by atoms with Gasteiger partial charge in [0.25, 0.3) is 0 Å². The number of likely N-dealkylation sites (N-methyl/N-ethyl adjacent to an activating group) is 1. The summed E-state index contributed by atoms with van der Waals surface area (Å²) in [6.45, 7) is 3.48. The van der Waals surface area contributed by atoms with E-state index in [0.717, 1.165) is 32.2 Å². The van der Waals surface area contributed by atoms with Crippen LogP contribution in [0.4, 0.5) is 0 Å². The Morgan fingerprint density at radius 3 is 2.72 bits per heavy atom. The van der Waals surface area contributed by atoms with Crippen LogP contribution in [0.2, 0.25) is 0 Å². The van der Waals surface area contributed by atoms with Gasteiger partial charge >= 0.3 is 0 Å². The lowest BCUT2D eigenvalue weighted by molar-refractivity contribution is 0.202. The highest BCUT2D eigenvalue weighted by molar-refractivity contribution is 7.07. The van der Waals surface area contributed by atoms with E-state index in [9.17, 15) is 0 Å². The van der Waals surface area contributed by atoms with Crippen LogP contribution in [0.5, 0.6) is 0 Å². The van der Waals surface area contributed by atoms with Crippen molar-refractivity contribution >= 4 is 11.3 Å². The van der Waals surface area contributed by atoms with Gasteiger partial charge in [0.05, 0.1) is 6.04 Å². The first-order chi connectivity index (χ1) is 8.70. The van der Waals surface area contributed by atoms with E-state index in [2.05, 4.69) is 35.7 Å². The Labute approximate surface area is 115 Å². The van der Waals surface area contributed by atoms with Crippen molar-refractivity contribution in [3.63, 3.8) is 0 Å². The first-order valence-electron chi connectivity index (χ1n) is 6.79. The van der Waals surface area contributed by atoms with Crippen molar-refractivity contribution in [2.24, 2.45) is 5.73 Å². The fourth-order valence-electron chi connectivity index (χ4n) is 2.28. The quantitative estimate of drug-likeness (QED) is 0.678. The van der Waals surface area contributed by atoms with Gasteiger partial charge in [-0.15, -0.1) is 0 Å². The van der Waals surface area contributed by atoms with Gasteiger partial charge in [-0.1, -0.05) is 6.92 Å². The molecule has 4 heteroatoms. The van der Waals surface area contributed by atoms with Gasteiger partial charge in [0.1, 0.15) is 0 Å². The van der Waals surface area contributed by atoms with Crippen molar-refractivity contribution < 1.29 is 5.11 Å². The van der Waals surface area contributed by atoms with Crippen LogP contribution in [-0.4, -0.2) is 36.2 Å². The Balaban J connectivity index is 2.54. The maximum atomic E-state index is 8.78. The van der Waals surface area contributed by atoms with E-state index in [-0.39, 0.29) is 6.04 Å². The fourth-order valence-corrected chi connectivity index (χ4v) is 2.97. The number of unbranched alkanes of at least 4 members (excludes halogenated alkanes) is 2. The summed E-state index contributed by atoms with van der Waals surface area (Å²) in [6, 6.07) is 2.67. The third-order valence-corrected chi connectivity index (χ3v) is 4.11. The maximum Gasteiger partial charge on any atom is 0.0504 e. The number of aliphatic hydroxyl groups is 1. The molecule has 3 N–H and O–H groups in total. The summed E-state index contributed by atoms with van der Waals surface area (Å²) in [7, 11) is 2.15. The summed E-state index contributed by atoms with van der Waals surface area (Å²) in [5.74, 6) is 0. The minimum Gasteiger partial charge on any atom is -0.396 e. The average Bonchev–Trinajstić information content (AvgIpc) is 2.88. The summed E-state index contributed by atoms with van der Waals surface area (Å²) < 4.78 is 0. The molecular formula is C14H26N2OS. The largest absolute Gasteiger partial charge is 0.396 e. The Kier molecular flexibility index (Phi) is 7.51. The molecule has 2 atom stereocenters. The molecule has 1 rings (SSSR count). The number of nitrogens with two attached hydrogens (primary N) is 1. The molecule has 0 aliphatic carbocycles. The molecule has 0 saturated heterocycles. The number of hydrogen-bond acceptors (Lipinski definition) is 4. The van der Waals surface area contributed by atoms with Gasteiger partial charge in [-0.3, -0.25) is 4.90 Å². The fraction of sp³-hybridized carbons (Fsp3) is 0.714. The number of thiophene rings is 1. The van der Waals surface area contributed by atoms with Gasteiger partial charge in [0.15, 0.2) is 0 Å².